The third-order valence-electron chi connectivity index (χ3n) is 2.22. The fourth-order valence-corrected chi connectivity index (χ4v) is 1.38. The van der Waals surface area contributed by atoms with E-state index in [2.05, 4.69) is 9.98 Å². The van der Waals surface area contributed by atoms with Crippen LogP contribution in [0.4, 0.5) is 5.82 Å². The van der Waals surface area contributed by atoms with E-state index in [0.29, 0.717) is 11.4 Å². The van der Waals surface area contributed by atoms with Crippen molar-refractivity contribution in [2.24, 2.45) is 4.99 Å². The van der Waals surface area contributed by atoms with Crippen molar-refractivity contribution in [2.45, 2.75) is 6.92 Å². The number of hydrogen-bond acceptors (Lipinski definition) is 4. The van der Waals surface area contributed by atoms with Gasteiger partial charge in [-0.15, -0.1) is 0 Å². The highest BCUT2D eigenvalue weighted by atomic mass is 16.3. The highest BCUT2D eigenvalue weighted by Crippen LogP contribution is 2.21. The molecule has 17 heavy (non-hydrogen) atoms. The minimum Gasteiger partial charge on any atom is -0.508 e. The van der Waals surface area contributed by atoms with E-state index < -0.39 is 0 Å². The monoisotopic (exact) mass is 228 g/mol. The van der Waals surface area contributed by atoms with Gasteiger partial charge >= 0.3 is 0 Å². The van der Waals surface area contributed by atoms with Crippen molar-refractivity contribution in [3.8, 4) is 11.5 Å². The zero-order valence-corrected chi connectivity index (χ0v) is 9.33. The van der Waals surface area contributed by atoms with Crippen molar-refractivity contribution >= 4 is 12.0 Å². The molecule has 4 nitrogen and oxygen atoms in total. The summed E-state index contributed by atoms with van der Waals surface area (Å²) in [5.74, 6) is 0.590. The summed E-state index contributed by atoms with van der Waals surface area (Å²) in [6.07, 6.45) is 1.51. The number of aliphatic imine (C=N–C) groups is 1. The number of aromatic nitrogens is 1. The summed E-state index contributed by atoms with van der Waals surface area (Å²) in [7, 11) is 0. The summed E-state index contributed by atoms with van der Waals surface area (Å²) >= 11 is 0. The molecule has 0 aliphatic carbocycles. The minimum atomic E-state index is -0.0126. The normalized spacial score (nSPS) is 10.9. The zero-order chi connectivity index (χ0) is 12.3. The standard InChI is InChI=1S/C13H12N2O2/c1-9-3-2-4-13(15-9)14-8-10-5-6-11(16)7-12(10)17/h2-8,16-17H,1H3/b14-8+. The van der Waals surface area contributed by atoms with Crippen molar-refractivity contribution in [3.63, 3.8) is 0 Å². The molecule has 1 aromatic carbocycles. The van der Waals surface area contributed by atoms with E-state index in [1.807, 2.05) is 19.1 Å². The maximum atomic E-state index is 9.55. The van der Waals surface area contributed by atoms with Gasteiger partial charge in [-0.3, -0.25) is 0 Å². The van der Waals surface area contributed by atoms with Crippen LogP contribution in [0.15, 0.2) is 41.4 Å². The van der Waals surface area contributed by atoms with Gasteiger partial charge in [0.2, 0.25) is 0 Å². The number of aromatic hydroxyl groups is 2. The molecule has 4 heteroatoms. The lowest BCUT2D eigenvalue weighted by Crippen LogP contribution is -1.83. The van der Waals surface area contributed by atoms with E-state index in [9.17, 15) is 5.11 Å². The molecular weight excluding hydrogens is 216 g/mol. The lowest BCUT2D eigenvalue weighted by atomic mass is 10.2. The fraction of sp³-hybridized carbons (Fsp3) is 0.0769. The van der Waals surface area contributed by atoms with Gasteiger partial charge in [0.1, 0.15) is 11.5 Å². The topological polar surface area (TPSA) is 65.7 Å². The summed E-state index contributed by atoms with van der Waals surface area (Å²) in [6.45, 7) is 1.89. The molecule has 0 unspecified atom stereocenters. The first-order valence-corrected chi connectivity index (χ1v) is 5.15. The van der Waals surface area contributed by atoms with Crippen LogP contribution in [0.25, 0.3) is 0 Å². The molecule has 0 aliphatic heterocycles. The Balaban J connectivity index is 2.26. The van der Waals surface area contributed by atoms with Crippen LogP contribution in [-0.4, -0.2) is 21.4 Å². The van der Waals surface area contributed by atoms with E-state index in [0.717, 1.165) is 5.69 Å². The van der Waals surface area contributed by atoms with Crippen molar-refractivity contribution in [1.29, 1.82) is 0 Å². The third-order valence-corrected chi connectivity index (χ3v) is 2.22. The average Bonchev–Trinajstić information content (AvgIpc) is 2.28. The van der Waals surface area contributed by atoms with E-state index in [1.165, 1.54) is 18.3 Å². The van der Waals surface area contributed by atoms with E-state index >= 15 is 0 Å². The summed E-state index contributed by atoms with van der Waals surface area (Å²) in [6, 6.07) is 9.88. The number of pyridine rings is 1. The van der Waals surface area contributed by atoms with Crippen LogP contribution >= 0.6 is 0 Å². The van der Waals surface area contributed by atoms with Crippen molar-refractivity contribution < 1.29 is 10.2 Å². The van der Waals surface area contributed by atoms with Gasteiger partial charge in [-0.25, -0.2) is 9.98 Å². The predicted molar refractivity (Wildman–Crippen MR) is 66.0 cm³/mol. The molecule has 1 heterocycles. The smallest absolute Gasteiger partial charge is 0.152 e. The fourth-order valence-electron chi connectivity index (χ4n) is 1.38. The number of aryl methyl sites for hydroxylation is 1. The molecule has 0 bridgehead atoms. The Labute approximate surface area is 98.9 Å². The Kier molecular flexibility index (Phi) is 3.05. The van der Waals surface area contributed by atoms with E-state index in [1.54, 1.807) is 12.1 Å². The molecule has 2 N–H and O–H groups in total. The first-order chi connectivity index (χ1) is 8.15. The molecule has 86 valence electrons. The lowest BCUT2D eigenvalue weighted by Gasteiger charge is -1.99. The van der Waals surface area contributed by atoms with Crippen LogP contribution in [0, 0.1) is 6.92 Å². The summed E-state index contributed by atoms with van der Waals surface area (Å²) in [5, 5.41) is 18.7. The molecule has 0 aliphatic rings. The molecule has 2 rings (SSSR count). The van der Waals surface area contributed by atoms with Gasteiger partial charge in [0.15, 0.2) is 5.82 Å². The van der Waals surface area contributed by atoms with Crippen LogP contribution in [0.2, 0.25) is 0 Å². The second-order valence-corrected chi connectivity index (χ2v) is 3.64. The van der Waals surface area contributed by atoms with Crippen LogP contribution in [0.5, 0.6) is 11.5 Å². The Hall–Kier alpha value is -2.36. The Morgan fingerprint density at radius 3 is 2.71 bits per heavy atom. The summed E-state index contributed by atoms with van der Waals surface area (Å²) in [4.78, 5) is 8.36. The molecule has 2 aromatic rings. The van der Waals surface area contributed by atoms with E-state index in [4.69, 9.17) is 5.11 Å². The van der Waals surface area contributed by atoms with Gasteiger partial charge in [0.05, 0.1) is 0 Å². The van der Waals surface area contributed by atoms with Crippen molar-refractivity contribution in [1.82, 2.24) is 4.98 Å². The third kappa shape index (κ3) is 2.81. The Morgan fingerprint density at radius 2 is 2.00 bits per heavy atom. The number of rotatable bonds is 2. The number of phenolic OH excluding ortho intramolecular Hbond substituents is 2. The second kappa shape index (κ2) is 4.65. The predicted octanol–water partition coefficient (Wildman–Crippen LogP) is 2.55. The van der Waals surface area contributed by atoms with Crippen LogP contribution in [-0.2, 0) is 0 Å². The molecule has 0 spiro atoms. The number of benzene rings is 1. The summed E-state index contributed by atoms with van der Waals surface area (Å²) in [5.41, 5.74) is 1.42. The van der Waals surface area contributed by atoms with Crippen LogP contribution in [0.3, 0.4) is 0 Å². The number of phenols is 2. The molecule has 0 atom stereocenters. The molecule has 0 radical (unpaired) electrons. The second-order valence-electron chi connectivity index (χ2n) is 3.64. The van der Waals surface area contributed by atoms with Gasteiger partial charge < -0.3 is 10.2 Å². The summed E-state index contributed by atoms with van der Waals surface area (Å²) < 4.78 is 0. The quantitative estimate of drug-likeness (QED) is 0.776. The maximum Gasteiger partial charge on any atom is 0.152 e. The average molecular weight is 228 g/mol. The van der Waals surface area contributed by atoms with Crippen molar-refractivity contribution in [2.75, 3.05) is 0 Å². The molecule has 0 fully saturated rings. The van der Waals surface area contributed by atoms with Gasteiger partial charge in [0, 0.05) is 23.5 Å². The van der Waals surface area contributed by atoms with E-state index in [-0.39, 0.29) is 11.5 Å². The highest BCUT2D eigenvalue weighted by molar-refractivity contribution is 5.85. The zero-order valence-electron chi connectivity index (χ0n) is 9.33. The molecule has 0 amide bonds. The maximum absolute atomic E-state index is 9.55. The molecule has 0 saturated heterocycles. The van der Waals surface area contributed by atoms with Crippen LogP contribution < -0.4 is 0 Å². The van der Waals surface area contributed by atoms with Crippen LogP contribution in [0.1, 0.15) is 11.3 Å². The Morgan fingerprint density at radius 1 is 1.18 bits per heavy atom. The molecular formula is C13H12N2O2. The first-order valence-electron chi connectivity index (χ1n) is 5.15. The SMILES string of the molecule is Cc1cccc(/N=C/c2ccc(O)cc2O)n1. The first kappa shape index (κ1) is 11.1. The molecule has 0 saturated carbocycles. The van der Waals surface area contributed by atoms with Gasteiger partial charge in [-0.1, -0.05) is 6.07 Å². The molecule has 1 aromatic heterocycles. The van der Waals surface area contributed by atoms with Gasteiger partial charge in [-0.05, 0) is 31.2 Å². The van der Waals surface area contributed by atoms with Gasteiger partial charge in [-0.2, -0.15) is 0 Å². The van der Waals surface area contributed by atoms with Gasteiger partial charge in [0.25, 0.3) is 0 Å². The number of nitrogens with zero attached hydrogens (tertiary/aromatic N) is 2. The minimum absolute atomic E-state index is 0.0126. The highest BCUT2D eigenvalue weighted by Gasteiger charge is 1.99. The van der Waals surface area contributed by atoms with Crippen molar-refractivity contribution in [3.05, 3.63) is 47.7 Å². The largest absolute Gasteiger partial charge is 0.508 e. The lowest BCUT2D eigenvalue weighted by molar-refractivity contribution is 0.450. The Bertz CT molecular complexity index is 565. The number of hydrogen-bond donors (Lipinski definition) is 2.